The quantitative estimate of drug-likeness (QED) is 0.535. The molecule has 0 bridgehead atoms. The standard InChI is InChI=1S/C26H32FNO/c1-25(2,3)18-26(4,5)28-16-22-21-12-8-6-10-19(21)14-15-24(22)29-17-20-11-7-9-13-23(20)27/h6-15,28H,16-18H2,1-5H3/p+1. The molecule has 0 atom stereocenters. The second kappa shape index (κ2) is 8.54. The number of hydrogen-bond acceptors (Lipinski definition) is 1. The van der Waals surface area contributed by atoms with Gasteiger partial charge in [0.15, 0.2) is 0 Å². The Morgan fingerprint density at radius 3 is 2.28 bits per heavy atom. The lowest BCUT2D eigenvalue weighted by Gasteiger charge is -2.31. The molecule has 0 aliphatic carbocycles. The van der Waals surface area contributed by atoms with E-state index >= 15 is 0 Å². The van der Waals surface area contributed by atoms with E-state index in [0.29, 0.717) is 5.56 Å². The number of hydrogen-bond donors (Lipinski definition) is 1. The third-order valence-corrected chi connectivity index (χ3v) is 5.18. The van der Waals surface area contributed by atoms with Crippen molar-refractivity contribution >= 4 is 10.8 Å². The minimum Gasteiger partial charge on any atom is -0.488 e. The Hall–Kier alpha value is -2.39. The molecule has 0 spiro atoms. The minimum atomic E-state index is -0.229. The van der Waals surface area contributed by atoms with Gasteiger partial charge in [0.05, 0.1) is 11.1 Å². The number of quaternary nitrogens is 1. The number of benzene rings is 3. The van der Waals surface area contributed by atoms with Gasteiger partial charge in [-0.1, -0.05) is 69.3 Å². The topological polar surface area (TPSA) is 25.8 Å². The van der Waals surface area contributed by atoms with Crippen LogP contribution in [0.15, 0.2) is 60.7 Å². The van der Waals surface area contributed by atoms with Crippen molar-refractivity contribution in [1.82, 2.24) is 0 Å². The molecule has 0 fully saturated rings. The van der Waals surface area contributed by atoms with Crippen LogP contribution in [-0.2, 0) is 13.2 Å². The number of ether oxygens (including phenoxy) is 1. The second-order valence-electron chi connectivity index (χ2n) is 9.78. The van der Waals surface area contributed by atoms with Gasteiger partial charge >= 0.3 is 0 Å². The van der Waals surface area contributed by atoms with Crippen molar-refractivity contribution in [3.05, 3.63) is 77.6 Å². The van der Waals surface area contributed by atoms with Gasteiger partial charge in [-0.3, -0.25) is 0 Å². The smallest absolute Gasteiger partial charge is 0.129 e. The van der Waals surface area contributed by atoms with E-state index in [2.05, 4.69) is 70.3 Å². The zero-order valence-corrected chi connectivity index (χ0v) is 18.3. The summed E-state index contributed by atoms with van der Waals surface area (Å²) in [5.74, 6) is 0.600. The highest BCUT2D eigenvalue weighted by atomic mass is 19.1. The number of halogens is 1. The molecule has 0 saturated carbocycles. The van der Waals surface area contributed by atoms with Gasteiger partial charge in [-0.25, -0.2) is 4.39 Å². The highest BCUT2D eigenvalue weighted by Crippen LogP contribution is 2.29. The maximum absolute atomic E-state index is 14.0. The molecular formula is C26H33FNO+. The van der Waals surface area contributed by atoms with Crippen molar-refractivity contribution in [2.24, 2.45) is 5.41 Å². The minimum absolute atomic E-state index is 0.109. The third kappa shape index (κ3) is 5.80. The zero-order chi connectivity index (χ0) is 21.1. The molecule has 154 valence electrons. The summed E-state index contributed by atoms with van der Waals surface area (Å²) in [5.41, 5.74) is 2.12. The summed E-state index contributed by atoms with van der Waals surface area (Å²) < 4.78 is 20.1. The van der Waals surface area contributed by atoms with Crippen LogP contribution in [0.3, 0.4) is 0 Å². The maximum Gasteiger partial charge on any atom is 0.129 e. The molecule has 3 aromatic rings. The summed E-state index contributed by atoms with van der Waals surface area (Å²) in [6.07, 6.45) is 1.11. The van der Waals surface area contributed by atoms with E-state index in [0.717, 1.165) is 18.7 Å². The molecule has 0 saturated heterocycles. The fourth-order valence-electron chi connectivity index (χ4n) is 4.25. The van der Waals surface area contributed by atoms with Gasteiger partial charge < -0.3 is 10.1 Å². The van der Waals surface area contributed by atoms with Gasteiger partial charge in [0, 0.05) is 12.0 Å². The molecule has 3 aromatic carbocycles. The molecule has 3 heteroatoms. The predicted molar refractivity (Wildman–Crippen MR) is 118 cm³/mol. The molecule has 29 heavy (non-hydrogen) atoms. The van der Waals surface area contributed by atoms with Crippen molar-refractivity contribution in [1.29, 1.82) is 0 Å². The van der Waals surface area contributed by atoms with Crippen LogP contribution in [0.4, 0.5) is 4.39 Å². The van der Waals surface area contributed by atoms with E-state index in [1.165, 1.54) is 22.4 Å². The van der Waals surface area contributed by atoms with Crippen LogP contribution >= 0.6 is 0 Å². The third-order valence-electron chi connectivity index (χ3n) is 5.18. The highest BCUT2D eigenvalue weighted by Gasteiger charge is 2.29. The van der Waals surface area contributed by atoms with Gasteiger partial charge in [-0.15, -0.1) is 0 Å². The summed E-state index contributed by atoms with van der Waals surface area (Å²) in [6, 6.07) is 19.3. The molecule has 3 rings (SSSR count). The number of nitrogens with two attached hydrogens (primary N) is 1. The first-order valence-electron chi connectivity index (χ1n) is 10.4. The van der Waals surface area contributed by atoms with Crippen molar-refractivity contribution in [3.63, 3.8) is 0 Å². The first kappa shape index (κ1) is 21.3. The molecule has 0 aromatic heterocycles. The lowest BCUT2D eigenvalue weighted by molar-refractivity contribution is -0.737. The van der Waals surface area contributed by atoms with E-state index in [4.69, 9.17) is 4.74 Å². The van der Waals surface area contributed by atoms with Gasteiger partial charge in [0.1, 0.15) is 24.7 Å². The Morgan fingerprint density at radius 1 is 0.862 bits per heavy atom. The lowest BCUT2D eigenvalue weighted by Crippen LogP contribution is -2.94. The Kier molecular flexibility index (Phi) is 6.28. The van der Waals surface area contributed by atoms with Crippen molar-refractivity contribution in [2.75, 3.05) is 0 Å². The number of fused-ring (bicyclic) bond motifs is 1. The van der Waals surface area contributed by atoms with Gasteiger partial charge in [-0.05, 0) is 42.2 Å². The van der Waals surface area contributed by atoms with Gasteiger partial charge in [0.25, 0.3) is 0 Å². The predicted octanol–water partition coefficient (Wildman–Crippen LogP) is 5.84. The molecule has 0 radical (unpaired) electrons. The van der Waals surface area contributed by atoms with Crippen LogP contribution in [0, 0.1) is 11.2 Å². The second-order valence-corrected chi connectivity index (χ2v) is 9.78. The molecular weight excluding hydrogens is 361 g/mol. The highest BCUT2D eigenvalue weighted by molar-refractivity contribution is 5.87. The summed E-state index contributed by atoms with van der Waals surface area (Å²) in [4.78, 5) is 0. The van der Waals surface area contributed by atoms with E-state index in [1.54, 1.807) is 12.1 Å². The van der Waals surface area contributed by atoms with Crippen molar-refractivity contribution in [3.8, 4) is 5.75 Å². The Balaban J connectivity index is 1.87. The summed E-state index contributed by atoms with van der Waals surface area (Å²) >= 11 is 0. The van der Waals surface area contributed by atoms with Crippen LogP contribution in [0.1, 0.15) is 52.2 Å². The maximum atomic E-state index is 14.0. The summed E-state index contributed by atoms with van der Waals surface area (Å²) in [6.45, 7) is 12.5. The molecule has 2 nitrogen and oxygen atoms in total. The lowest BCUT2D eigenvalue weighted by atomic mass is 9.81. The Labute approximate surface area is 174 Å². The normalized spacial score (nSPS) is 12.3. The molecule has 0 aliphatic rings. The molecule has 2 N–H and O–H groups in total. The van der Waals surface area contributed by atoms with Crippen LogP contribution in [-0.4, -0.2) is 5.54 Å². The average Bonchev–Trinajstić information content (AvgIpc) is 2.64. The summed E-state index contributed by atoms with van der Waals surface area (Å²) in [5, 5.41) is 4.79. The van der Waals surface area contributed by atoms with Crippen molar-refractivity contribution < 1.29 is 14.4 Å². The van der Waals surface area contributed by atoms with Crippen LogP contribution in [0.2, 0.25) is 0 Å². The molecule has 0 unspecified atom stereocenters. The van der Waals surface area contributed by atoms with Gasteiger partial charge in [-0.2, -0.15) is 0 Å². The van der Waals surface area contributed by atoms with E-state index in [-0.39, 0.29) is 23.4 Å². The van der Waals surface area contributed by atoms with Crippen LogP contribution < -0.4 is 10.1 Å². The van der Waals surface area contributed by atoms with E-state index < -0.39 is 0 Å². The molecule has 0 amide bonds. The SMILES string of the molecule is CC(C)(C)CC(C)(C)[NH2+]Cc1c(OCc2ccccc2F)ccc2ccccc12. The van der Waals surface area contributed by atoms with Gasteiger partial charge in [0.2, 0.25) is 0 Å². The van der Waals surface area contributed by atoms with Crippen LogP contribution in [0.5, 0.6) is 5.75 Å². The number of rotatable bonds is 7. The van der Waals surface area contributed by atoms with E-state index in [9.17, 15) is 4.39 Å². The van der Waals surface area contributed by atoms with Crippen molar-refractivity contribution in [2.45, 2.75) is 59.7 Å². The first-order valence-corrected chi connectivity index (χ1v) is 10.4. The largest absolute Gasteiger partial charge is 0.488 e. The van der Waals surface area contributed by atoms with Crippen LogP contribution in [0.25, 0.3) is 10.8 Å². The fourth-order valence-corrected chi connectivity index (χ4v) is 4.25. The van der Waals surface area contributed by atoms with E-state index in [1.807, 2.05) is 12.1 Å². The zero-order valence-electron chi connectivity index (χ0n) is 18.3. The fraction of sp³-hybridized carbons (Fsp3) is 0.385. The Bertz CT molecular complexity index is 972. The Morgan fingerprint density at radius 2 is 1.55 bits per heavy atom. The molecule has 0 aliphatic heterocycles. The molecule has 0 heterocycles. The monoisotopic (exact) mass is 394 g/mol. The summed E-state index contributed by atoms with van der Waals surface area (Å²) in [7, 11) is 0. The average molecular weight is 395 g/mol. The first-order chi connectivity index (χ1) is 13.6.